The summed E-state index contributed by atoms with van der Waals surface area (Å²) in [5.41, 5.74) is -0.0284. The number of rotatable bonds is 7. The molecule has 0 amide bonds. The molecule has 0 aromatic rings. The molecule has 1 N–H and O–H groups in total. The molecule has 0 radical (unpaired) electrons. The van der Waals surface area contributed by atoms with Crippen LogP contribution in [0.15, 0.2) is 0 Å². The lowest BCUT2D eigenvalue weighted by Gasteiger charge is -2.38. The van der Waals surface area contributed by atoms with E-state index in [1.54, 1.807) is 0 Å². The first-order valence-electron chi connectivity index (χ1n) is 8.46. The highest BCUT2D eigenvalue weighted by Crippen LogP contribution is 2.39. The number of nitrogens with one attached hydrogen (secondary N) is 1. The molecule has 3 nitrogen and oxygen atoms in total. The van der Waals surface area contributed by atoms with Gasteiger partial charge in [-0.15, -0.1) is 0 Å². The van der Waals surface area contributed by atoms with Gasteiger partial charge in [0, 0.05) is 12.6 Å². The van der Waals surface area contributed by atoms with Crippen molar-refractivity contribution < 1.29 is 4.74 Å². The van der Waals surface area contributed by atoms with Crippen molar-refractivity contribution in [1.82, 2.24) is 5.32 Å². The predicted molar refractivity (Wildman–Crippen MR) is 88.1 cm³/mol. The third-order valence-corrected chi connectivity index (χ3v) is 4.38. The summed E-state index contributed by atoms with van der Waals surface area (Å²) < 4.78 is 6.10. The van der Waals surface area contributed by atoms with E-state index in [0.717, 1.165) is 31.8 Å². The Balaban J connectivity index is 2.32. The van der Waals surface area contributed by atoms with E-state index in [1.807, 2.05) is 6.92 Å². The molecule has 0 heterocycles. The topological polar surface area (TPSA) is 45.0 Å². The summed E-state index contributed by atoms with van der Waals surface area (Å²) in [5.74, 6) is 0.755. The lowest BCUT2D eigenvalue weighted by molar-refractivity contribution is -0.0249. The fraction of sp³-hybridized carbons (Fsp3) is 0.944. The molecule has 0 saturated heterocycles. The second-order valence-corrected chi connectivity index (χ2v) is 8.25. The van der Waals surface area contributed by atoms with E-state index in [9.17, 15) is 5.26 Å². The van der Waals surface area contributed by atoms with Gasteiger partial charge in [0.1, 0.15) is 5.54 Å². The second kappa shape index (κ2) is 7.61. The fourth-order valence-electron chi connectivity index (χ4n) is 3.86. The molecule has 1 saturated carbocycles. The van der Waals surface area contributed by atoms with E-state index < -0.39 is 5.54 Å². The number of nitriles is 1. The summed E-state index contributed by atoms with van der Waals surface area (Å²) in [6.07, 6.45) is 5.83. The Labute approximate surface area is 131 Å². The molecule has 21 heavy (non-hydrogen) atoms. The third kappa shape index (κ3) is 6.80. The minimum Gasteiger partial charge on any atom is -0.378 e. The Morgan fingerprint density at radius 3 is 2.57 bits per heavy atom. The van der Waals surface area contributed by atoms with Crippen LogP contribution in [0, 0.1) is 22.7 Å². The van der Waals surface area contributed by atoms with Crippen LogP contribution in [0.3, 0.4) is 0 Å². The average molecular weight is 294 g/mol. The van der Waals surface area contributed by atoms with Crippen LogP contribution in [0.2, 0.25) is 0 Å². The van der Waals surface area contributed by atoms with Crippen molar-refractivity contribution in [2.24, 2.45) is 11.3 Å². The maximum absolute atomic E-state index is 9.33. The summed E-state index contributed by atoms with van der Waals surface area (Å²) >= 11 is 0. The molecule has 1 fully saturated rings. The van der Waals surface area contributed by atoms with Crippen molar-refractivity contribution in [2.45, 2.75) is 91.3 Å². The van der Waals surface area contributed by atoms with Gasteiger partial charge in [0.2, 0.25) is 0 Å². The maximum atomic E-state index is 9.33. The van der Waals surface area contributed by atoms with Crippen LogP contribution in [-0.4, -0.2) is 24.3 Å². The zero-order valence-electron chi connectivity index (χ0n) is 14.8. The van der Waals surface area contributed by atoms with E-state index in [-0.39, 0.29) is 0 Å². The molecule has 1 rings (SSSR count). The molecule has 0 spiro atoms. The summed E-state index contributed by atoms with van der Waals surface area (Å²) in [7, 11) is 0. The second-order valence-electron chi connectivity index (χ2n) is 8.25. The Kier molecular flexibility index (Phi) is 6.69. The van der Waals surface area contributed by atoms with Gasteiger partial charge in [-0.05, 0) is 64.2 Å². The van der Waals surface area contributed by atoms with Gasteiger partial charge in [-0.3, -0.25) is 5.32 Å². The molecule has 0 aromatic heterocycles. The molecule has 0 aromatic carbocycles. The SMILES string of the molecule is CC1CC(OCCCC(C)(C#N)NC(C)C)CC(C)(C)C1. The van der Waals surface area contributed by atoms with Crippen LogP contribution in [0.1, 0.15) is 73.6 Å². The lowest BCUT2D eigenvalue weighted by Crippen LogP contribution is -2.45. The van der Waals surface area contributed by atoms with Crippen LogP contribution < -0.4 is 5.32 Å². The van der Waals surface area contributed by atoms with Gasteiger partial charge in [0.05, 0.1) is 12.2 Å². The summed E-state index contributed by atoms with van der Waals surface area (Å²) in [5, 5.41) is 12.7. The van der Waals surface area contributed by atoms with E-state index in [4.69, 9.17) is 4.74 Å². The molecular weight excluding hydrogens is 260 g/mol. The van der Waals surface area contributed by atoms with Crippen molar-refractivity contribution in [3.05, 3.63) is 0 Å². The van der Waals surface area contributed by atoms with E-state index >= 15 is 0 Å². The molecule has 1 aliphatic rings. The Morgan fingerprint density at radius 2 is 2.05 bits per heavy atom. The highest BCUT2D eigenvalue weighted by molar-refractivity contribution is 5.04. The zero-order valence-corrected chi connectivity index (χ0v) is 14.8. The van der Waals surface area contributed by atoms with Crippen molar-refractivity contribution in [3.63, 3.8) is 0 Å². The zero-order chi connectivity index (χ0) is 16.1. The fourth-order valence-corrected chi connectivity index (χ4v) is 3.86. The van der Waals surface area contributed by atoms with E-state index in [0.29, 0.717) is 17.6 Å². The van der Waals surface area contributed by atoms with Gasteiger partial charge in [0.15, 0.2) is 0 Å². The Morgan fingerprint density at radius 1 is 1.38 bits per heavy atom. The summed E-state index contributed by atoms with van der Waals surface area (Å²) in [6, 6.07) is 2.73. The quantitative estimate of drug-likeness (QED) is 0.713. The highest BCUT2D eigenvalue weighted by atomic mass is 16.5. The largest absolute Gasteiger partial charge is 0.378 e. The smallest absolute Gasteiger partial charge is 0.104 e. The van der Waals surface area contributed by atoms with Crippen LogP contribution >= 0.6 is 0 Å². The lowest BCUT2D eigenvalue weighted by atomic mass is 9.71. The first kappa shape index (κ1) is 18.5. The van der Waals surface area contributed by atoms with Gasteiger partial charge in [-0.1, -0.05) is 20.8 Å². The van der Waals surface area contributed by atoms with E-state index in [2.05, 4.69) is 46.0 Å². The number of hydrogen-bond donors (Lipinski definition) is 1. The molecule has 3 unspecified atom stereocenters. The maximum Gasteiger partial charge on any atom is 0.104 e. The minimum atomic E-state index is -0.434. The number of hydrogen-bond acceptors (Lipinski definition) is 3. The molecule has 3 atom stereocenters. The van der Waals surface area contributed by atoms with Crippen LogP contribution in [-0.2, 0) is 4.74 Å². The number of ether oxygens (including phenoxy) is 1. The first-order valence-corrected chi connectivity index (χ1v) is 8.46. The van der Waals surface area contributed by atoms with Crippen molar-refractivity contribution >= 4 is 0 Å². The molecule has 0 bridgehead atoms. The van der Waals surface area contributed by atoms with Crippen LogP contribution in [0.4, 0.5) is 0 Å². The Bertz CT molecular complexity index is 359. The molecule has 1 aliphatic carbocycles. The molecular formula is C18H34N2O. The Hall–Kier alpha value is -0.590. The van der Waals surface area contributed by atoms with Crippen LogP contribution in [0.5, 0.6) is 0 Å². The average Bonchev–Trinajstić information content (AvgIpc) is 2.31. The normalized spacial score (nSPS) is 28.1. The molecule has 3 heteroatoms. The summed E-state index contributed by atoms with van der Waals surface area (Å²) in [4.78, 5) is 0. The van der Waals surface area contributed by atoms with Gasteiger partial charge < -0.3 is 4.74 Å². The molecule has 122 valence electrons. The van der Waals surface area contributed by atoms with Gasteiger partial charge in [0.25, 0.3) is 0 Å². The monoisotopic (exact) mass is 294 g/mol. The molecule has 0 aliphatic heterocycles. The van der Waals surface area contributed by atoms with Gasteiger partial charge in [-0.2, -0.15) is 5.26 Å². The van der Waals surface area contributed by atoms with Crippen molar-refractivity contribution in [3.8, 4) is 6.07 Å². The predicted octanol–water partition coefficient (Wildman–Crippen LogP) is 4.28. The minimum absolute atomic E-state index is 0.329. The van der Waals surface area contributed by atoms with Gasteiger partial charge in [-0.25, -0.2) is 0 Å². The van der Waals surface area contributed by atoms with Crippen LogP contribution in [0.25, 0.3) is 0 Å². The van der Waals surface area contributed by atoms with Crippen molar-refractivity contribution in [1.29, 1.82) is 5.26 Å². The standard InChI is InChI=1S/C18H34N2O/c1-14(2)20-18(6,13-19)8-7-9-21-16-10-15(3)11-17(4,5)12-16/h14-16,20H,7-12H2,1-6H3. The summed E-state index contributed by atoms with van der Waals surface area (Å²) in [6.45, 7) is 13.9. The third-order valence-electron chi connectivity index (χ3n) is 4.38. The highest BCUT2D eigenvalue weighted by Gasteiger charge is 2.32. The van der Waals surface area contributed by atoms with Crippen molar-refractivity contribution in [2.75, 3.05) is 6.61 Å². The van der Waals surface area contributed by atoms with Gasteiger partial charge >= 0.3 is 0 Å². The first-order chi connectivity index (χ1) is 9.66. The number of nitrogens with zero attached hydrogens (tertiary/aromatic N) is 1. The van der Waals surface area contributed by atoms with E-state index in [1.165, 1.54) is 12.8 Å².